The maximum Gasteiger partial charge on any atom is 0.334 e. The normalized spacial score (nSPS) is 13.0. The standard InChI is InChI=1S/C13H25O7P/c1-6-17-12(14)11(13(15)18-7-2)10(5)21(16,19-8-3)20-9-4/h10-11H,6-9H2,1-5H3. The molecule has 1 unspecified atom stereocenters. The molecular weight excluding hydrogens is 299 g/mol. The Morgan fingerprint density at radius 1 is 0.857 bits per heavy atom. The average molecular weight is 324 g/mol. The van der Waals surface area contributed by atoms with E-state index in [1.165, 1.54) is 6.92 Å². The third kappa shape index (κ3) is 5.77. The Labute approximate surface area is 125 Å². The number of ether oxygens (including phenoxy) is 2. The van der Waals surface area contributed by atoms with Crippen molar-refractivity contribution in [2.45, 2.75) is 40.3 Å². The molecule has 0 aliphatic heterocycles. The van der Waals surface area contributed by atoms with Gasteiger partial charge in [-0.1, -0.05) is 0 Å². The maximum absolute atomic E-state index is 12.7. The van der Waals surface area contributed by atoms with Crippen LogP contribution in [0.2, 0.25) is 0 Å². The zero-order valence-corrected chi connectivity index (χ0v) is 14.2. The van der Waals surface area contributed by atoms with Gasteiger partial charge in [-0.25, -0.2) is 0 Å². The highest BCUT2D eigenvalue weighted by atomic mass is 31.2. The molecule has 7 nitrogen and oxygen atoms in total. The van der Waals surface area contributed by atoms with Gasteiger partial charge in [0.05, 0.1) is 32.1 Å². The van der Waals surface area contributed by atoms with E-state index in [0.29, 0.717) is 0 Å². The smallest absolute Gasteiger partial charge is 0.334 e. The van der Waals surface area contributed by atoms with Crippen molar-refractivity contribution in [3.63, 3.8) is 0 Å². The van der Waals surface area contributed by atoms with Gasteiger partial charge in [0.2, 0.25) is 0 Å². The zero-order valence-electron chi connectivity index (χ0n) is 13.3. The topological polar surface area (TPSA) is 88.1 Å². The molecule has 0 bridgehead atoms. The van der Waals surface area contributed by atoms with Gasteiger partial charge in [-0.15, -0.1) is 0 Å². The van der Waals surface area contributed by atoms with Gasteiger partial charge in [-0.05, 0) is 34.6 Å². The van der Waals surface area contributed by atoms with Gasteiger partial charge >= 0.3 is 19.5 Å². The summed E-state index contributed by atoms with van der Waals surface area (Å²) in [6, 6.07) is 0. The van der Waals surface area contributed by atoms with E-state index < -0.39 is 31.1 Å². The quantitative estimate of drug-likeness (QED) is 0.346. The van der Waals surface area contributed by atoms with Gasteiger partial charge in [0.1, 0.15) is 0 Å². The summed E-state index contributed by atoms with van der Waals surface area (Å²) in [4.78, 5) is 24.0. The van der Waals surface area contributed by atoms with Crippen molar-refractivity contribution in [1.82, 2.24) is 0 Å². The van der Waals surface area contributed by atoms with Crippen LogP contribution in [0, 0.1) is 5.92 Å². The Morgan fingerprint density at radius 2 is 1.24 bits per heavy atom. The monoisotopic (exact) mass is 324 g/mol. The van der Waals surface area contributed by atoms with Gasteiger partial charge in [-0.2, -0.15) is 0 Å². The first kappa shape index (κ1) is 20.1. The Balaban J connectivity index is 5.41. The van der Waals surface area contributed by atoms with E-state index in [9.17, 15) is 14.2 Å². The molecule has 0 saturated carbocycles. The van der Waals surface area contributed by atoms with Crippen molar-refractivity contribution < 1.29 is 32.7 Å². The molecule has 0 aliphatic carbocycles. The Morgan fingerprint density at radius 3 is 1.52 bits per heavy atom. The summed E-state index contributed by atoms with van der Waals surface area (Å²) in [5.74, 6) is -2.92. The van der Waals surface area contributed by atoms with E-state index in [1.54, 1.807) is 27.7 Å². The van der Waals surface area contributed by atoms with Gasteiger partial charge < -0.3 is 18.5 Å². The number of rotatable bonds is 10. The fourth-order valence-corrected chi connectivity index (χ4v) is 3.64. The van der Waals surface area contributed by atoms with Crippen LogP contribution in [0.4, 0.5) is 0 Å². The van der Waals surface area contributed by atoms with Crippen molar-refractivity contribution in [3.8, 4) is 0 Å². The minimum Gasteiger partial charge on any atom is -0.465 e. The second-order valence-corrected chi connectivity index (χ2v) is 6.51. The Hall–Kier alpha value is -0.910. The molecule has 21 heavy (non-hydrogen) atoms. The van der Waals surface area contributed by atoms with Crippen LogP contribution in [-0.4, -0.2) is 44.0 Å². The first-order valence-electron chi connectivity index (χ1n) is 7.09. The lowest BCUT2D eigenvalue weighted by Crippen LogP contribution is -2.37. The molecule has 124 valence electrons. The predicted molar refractivity (Wildman–Crippen MR) is 77.1 cm³/mol. The molecule has 8 heteroatoms. The lowest BCUT2D eigenvalue weighted by atomic mass is 10.1. The fourth-order valence-electron chi connectivity index (χ4n) is 1.77. The van der Waals surface area contributed by atoms with Crippen molar-refractivity contribution in [2.24, 2.45) is 5.92 Å². The number of esters is 2. The Kier molecular flexibility index (Phi) is 9.49. The van der Waals surface area contributed by atoms with Crippen LogP contribution in [0.15, 0.2) is 0 Å². The molecule has 0 saturated heterocycles. The van der Waals surface area contributed by atoms with Crippen molar-refractivity contribution >= 4 is 19.5 Å². The minimum absolute atomic E-state index is 0.106. The van der Waals surface area contributed by atoms with Crippen LogP contribution < -0.4 is 0 Å². The van der Waals surface area contributed by atoms with Crippen LogP contribution in [0.3, 0.4) is 0 Å². The highest BCUT2D eigenvalue weighted by Gasteiger charge is 2.46. The molecule has 0 spiro atoms. The number of carbonyl (C=O) groups excluding carboxylic acids is 2. The van der Waals surface area contributed by atoms with Gasteiger partial charge in [0.15, 0.2) is 5.92 Å². The second-order valence-electron chi connectivity index (χ2n) is 4.10. The van der Waals surface area contributed by atoms with Crippen LogP contribution in [0.1, 0.15) is 34.6 Å². The predicted octanol–water partition coefficient (Wildman–Crippen LogP) is 2.38. The molecule has 0 radical (unpaired) electrons. The molecule has 1 atom stereocenters. The van der Waals surface area contributed by atoms with Crippen molar-refractivity contribution in [1.29, 1.82) is 0 Å². The largest absolute Gasteiger partial charge is 0.465 e. The Bertz CT molecular complexity index is 355. The van der Waals surface area contributed by atoms with Crippen molar-refractivity contribution in [3.05, 3.63) is 0 Å². The SMILES string of the molecule is CCOC(=O)C(C(=O)OCC)C(C)P(=O)(OCC)OCC. The molecule has 0 aromatic heterocycles. The van der Waals surface area contributed by atoms with Crippen LogP contribution in [-0.2, 0) is 32.7 Å². The molecule has 0 aromatic carbocycles. The summed E-state index contributed by atoms with van der Waals surface area (Å²) in [5.41, 5.74) is -0.990. The van der Waals surface area contributed by atoms with Crippen LogP contribution >= 0.6 is 7.60 Å². The fraction of sp³-hybridized carbons (Fsp3) is 0.846. The van der Waals surface area contributed by atoms with E-state index in [0.717, 1.165) is 0 Å². The summed E-state index contributed by atoms with van der Waals surface area (Å²) in [6.45, 7) is 8.50. The summed E-state index contributed by atoms with van der Waals surface area (Å²) in [6.07, 6.45) is 0. The molecule has 0 N–H and O–H groups in total. The van der Waals surface area contributed by atoms with Crippen LogP contribution in [0.25, 0.3) is 0 Å². The van der Waals surface area contributed by atoms with E-state index in [4.69, 9.17) is 18.5 Å². The molecule has 0 aromatic rings. The highest BCUT2D eigenvalue weighted by molar-refractivity contribution is 7.54. The minimum atomic E-state index is -3.62. The maximum atomic E-state index is 12.7. The molecule has 0 rings (SSSR count). The summed E-state index contributed by atoms with van der Waals surface area (Å²) in [5, 5.41) is 0. The zero-order chi connectivity index (χ0) is 16.5. The lowest BCUT2D eigenvalue weighted by Gasteiger charge is -2.27. The van der Waals surface area contributed by atoms with Crippen molar-refractivity contribution in [2.75, 3.05) is 26.4 Å². The van der Waals surface area contributed by atoms with Crippen LogP contribution in [0.5, 0.6) is 0 Å². The average Bonchev–Trinajstić information content (AvgIpc) is 2.40. The van der Waals surface area contributed by atoms with E-state index in [1.807, 2.05) is 0 Å². The van der Waals surface area contributed by atoms with E-state index in [-0.39, 0.29) is 26.4 Å². The molecule has 0 aliphatic rings. The highest BCUT2D eigenvalue weighted by Crippen LogP contribution is 2.55. The first-order chi connectivity index (χ1) is 9.87. The molecular formula is C13H25O7P. The molecule has 0 fully saturated rings. The summed E-state index contributed by atoms with van der Waals surface area (Å²) in [7, 11) is -3.62. The molecule has 0 amide bonds. The lowest BCUT2D eigenvalue weighted by molar-refractivity contribution is -0.161. The van der Waals surface area contributed by atoms with E-state index >= 15 is 0 Å². The van der Waals surface area contributed by atoms with Gasteiger partial charge in [0, 0.05) is 0 Å². The molecule has 0 heterocycles. The van der Waals surface area contributed by atoms with Gasteiger partial charge in [0.25, 0.3) is 0 Å². The summed E-state index contributed by atoms with van der Waals surface area (Å²) < 4.78 is 32.8. The summed E-state index contributed by atoms with van der Waals surface area (Å²) >= 11 is 0. The van der Waals surface area contributed by atoms with Gasteiger partial charge in [-0.3, -0.25) is 14.2 Å². The first-order valence-corrected chi connectivity index (χ1v) is 8.71. The number of carbonyl (C=O) groups is 2. The van der Waals surface area contributed by atoms with E-state index in [2.05, 4.69) is 0 Å². The second kappa shape index (κ2) is 9.92. The number of hydrogen-bond acceptors (Lipinski definition) is 7. The number of hydrogen-bond donors (Lipinski definition) is 0. The third-order valence-corrected chi connectivity index (χ3v) is 5.21. The third-order valence-electron chi connectivity index (χ3n) is 2.68.